The van der Waals surface area contributed by atoms with Gasteiger partial charge in [0.1, 0.15) is 0 Å². The fourth-order valence-electron chi connectivity index (χ4n) is 0.521. The highest BCUT2D eigenvalue weighted by atomic mass is 16.7. The van der Waals surface area contributed by atoms with Crippen LogP contribution in [0.3, 0.4) is 0 Å². The summed E-state index contributed by atoms with van der Waals surface area (Å²) in [6.07, 6.45) is 5.00. The van der Waals surface area contributed by atoms with Crippen LogP contribution >= 0.6 is 0 Å². The predicted octanol–water partition coefficient (Wildman–Crippen LogP) is 1.12. The minimum absolute atomic E-state index is 0.550. The van der Waals surface area contributed by atoms with Crippen LogP contribution in [0.4, 0.5) is 0 Å². The Morgan fingerprint density at radius 2 is 1.10 bits per heavy atom. The zero-order chi connectivity index (χ0) is 16.7. The Morgan fingerprint density at radius 1 is 0.762 bits per heavy atom. The van der Waals surface area contributed by atoms with Crippen LogP contribution in [-0.4, -0.2) is 40.9 Å². The second-order valence-electron chi connectivity index (χ2n) is 3.39. The van der Waals surface area contributed by atoms with E-state index in [1.165, 1.54) is 12.8 Å². The first kappa shape index (κ1) is 20.7. The Kier molecular flexibility index (Phi) is 13.6. The molecule has 0 heterocycles. The van der Waals surface area contributed by atoms with E-state index in [-0.39, 0.29) is 0 Å². The van der Waals surface area contributed by atoms with Crippen molar-refractivity contribution in [2.75, 3.05) is 6.79 Å². The summed E-state index contributed by atoms with van der Waals surface area (Å²) < 4.78 is 8.51. The first-order valence-electron chi connectivity index (χ1n) is 5.98. The molecule has 0 saturated carbocycles. The largest absolute Gasteiger partial charge is 0.478 e. The Labute approximate surface area is 121 Å². The van der Waals surface area contributed by atoms with E-state index >= 15 is 0 Å². The Bertz CT molecular complexity index is 370. The van der Waals surface area contributed by atoms with Crippen molar-refractivity contribution in [2.24, 2.45) is 0 Å². The number of unbranched alkanes of at least 4 members (excludes halogenated alkanes) is 1. The van der Waals surface area contributed by atoms with Crippen LogP contribution < -0.4 is 0 Å². The number of esters is 2. The molecule has 0 bridgehead atoms. The summed E-state index contributed by atoms with van der Waals surface area (Å²) in [5, 5.41) is 16.3. The molecule has 0 aliphatic heterocycles. The fourth-order valence-corrected chi connectivity index (χ4v) is 0.521. The molecular formula is C13H18O8. The van der Waals surface area contributed by atoms with Crippen LogP contribution in [0.2, 0.25) is 0 Å². The van der Waals surface area contributed by atoms with Gasteiger partial charge < -0.3 is 19.7 Å². The van der Waals surface area contributed by atoms with Crippen LogP contribution in [-0.2, 0) is 28.7 Å². The van der Waals surface area contributed by atoms with Gasteiger partial charge in [0, 0.05) is 24.3 Å². The van der Waals surface area contributed by atoms with Gasteiger partial charge in [-0.1, -0.05) is 26.7 Å². The number of hydrogen-bond acceptors (Lipinski definition) is 6. The lowest BCUT2D eigenvalue weighted by Gasteiger charge is -2.00. The van der Waals surface area contributed by atoms with Gasteiger partial charge in [-0.3, -0.25) is 0 Å². The normalized spacial score (nSPS) is 9.81. The first-order chi connectivity index (χ1) is 9.83. The van der Waals surface area contributed by atoms with Gasteiger partial charge in [0.25, 0.3) is 0 Å². The molecule has 0 atom stereocenters. The molecule has 8 heteroatoms. The van der Waals surface area contributed by atoms with Crippen molar-refractivity contribution >= 4 is 23.9 Å². The number of hydrogen-bond donors (Lipinski definition) is 2. The molecule has 0 aliphatic rings. The van der Waals surface area contributed by atoms with Crippen molar-refractivity contribution < 1.29 is 38.9 Å². The molecule has 0 amide bonds. The summed E-state index contributed by atoms with van der Waals surface area (Å²) in [6, 6.07) is 0. The molecule has 0 aliphatic carbocycles. The minimum Gasteiger partial charge on any atom is -0.478 e. The van der Waals surface area contributed by atoms with Crippen LogP contribution in [0.25, 0.3) is 0 Å². The van der Waals surface area contributed by atoms with Crippen LogP contribution in [0.5, 0.6) is 0 Å². The maximum Gasteiger partial charge on any atom is 0.333 e. The molecule has 0 saturated heterocycles. The highest BCUT2D eigenvalue weighted by molar-refractivity contribution is 5.91. The van der Waals surface area contributed by atoms with Gasteiger partial charge in [-0.05, 0) is 0 Å². The summed E-state index contributed by atoms with van der Waals surface area (Å²) in [5.41, 5.74) is 0. The number of carboxylic acid groups (broad SMARTS) is 2. The SMILES string of the molecule is CCCC.O=C(O)/C=C\C(=O)OCOC(=O)/C=C\C(=O)O. The van der Waals surface area contributed by atoms with E-state index in [0.29, 0.717) is 24.3 Å². The van der Waals surface area contributed by atoms with E-state index in [9.17, 15) is 19.2 Å². The van der Waals surface area contributed by atoms with Gasteiger partial charge in [0.15, 0.2) is 0 Å². The van der Waals surface area contributed by atoms with Crippen LogP contribution in [0, 0.1) is 0 Å². The molecule has 0 aromatic carbocycles. The Morgan fingerprint density at radius 3 is 1.33 bits per heavy atom. The van der Waals surface area contributed by atoms with Gasteiger partial charge in [0.2, 0.25) is 6.79 Å². The van der Waals surface area contributed by atoms with Crippen molar-refractivity contribution in [1.82, 2.24) is 0 Å². The zero-order valence-corrected chi connectivity index (χ0v) is 11.8. The molecule has 21 heavy (non-hydrogen) atoms. The second kappa shape index (κ2) is 13.8. The summed E-state index contributed by atoms with van der Waals surface area (Å²) in [4.78, 5) is 41.4. The number of rotatable bonds is 7. The molecule has 0 fully saturated rings. The van der Waals surface area contributed by atoms with E-state index in [2.05, 4.69) is 23.3 Å². The van der Waals surface area contributed by atoms with Crippen molar-refractivity contribution in [3.05, 3.63) is 24.3 Å². The zero-order valence-electron chi connectivity index (χ0n) is 11.8. The summed E-state index contributed by atoms with van der Waals surface area (Å²) in [5.74, 6) is -4.68. The third kappa shape index (κ3) is 19.9. The Balaban J connectivity index is 0. The maximum atomic E-state index is 10.7. The predicted molar refractivity (Wildman–Crippen MR) is 71.2 cm³/mol. The van der Waals surface area contributed by atoms with Crippen molar-refractivity contribution in [2.45, 2.75) is 26.7 Å². The lowest BCUT2D eigenvalue weighted by atomic mass is 10.4. The molecule has 8 nitrogen and oxygen atoms in total. The van der Waals surface area contributed by atoms with Gasteiger partial charge >= 0.3 is 23.9 Å². The van der Waals surface area contributed by atoms with E-state index in [1.54, 1.807) is 0 Å². The third-order valence-corrected chi connectivity index (χ3v) is 1.63. The lowest BCUT2D eigenvalue weighted by Crippen LogP contribution is -2.10. The summed E-state index contributed by atoms with van der Waals surface area (Å²) in [7, 11) is 0. The number of aliphatic carboxylic acids is 2. The van der Waals surface area contributed by atoms with Gasteiger partial charge in [-0.2, -0.15) is 0 Å². The van der Waals surface area contributed by atoms with Gasteiger partial charge in [-0.25, -0.2) is 19.2 Å². The summed E-state index contributed by atoms with van der Waals surface area (Å²) >= 11 is 0. The van der Waals surface area contributed by atoms with Gasteiger partial charge in [0.05, 0.1) is 0 Å². The highest BCUT2D eigenvalue weighted by Gasteiger charge is 2.01. The van der Waals surface area contributed by atoms with Crippen LogP contribution in [0.15, 0.2) is 24.3 Å². The molecule has 0 spiro atoms. The van der Waals surface area contributed by atoms with E-state index in [4.69, 9.17) is 10.2 Å². The minimum atomic E-state index is -1.33. The van der Waals surface area contributed by atoms with Gasteiger partial charge in [-0.15, -0.1) is 0 Å². The van der Waals surface area contributed by atoms with Crippen LogP contribution in [0.1, 0.15) is 26.7 Å². The molecule has 0 aromatic heterocycles. The second-order valence-corrected chi connectivity index (χ2v) is 3.39. The Hall–Kier alpha value is -2.64. The molecular weight excluding hydrogens is 284 g/mol. The number of carbonyl (C=O) groups excluding carboxylic acids is 2. The lowest BCUT2D eigenvalue weighted by molar-refractivity contribution is -0.160. The third-order valence-electron chi connectivity index (χ3n) is 1.63. The number of carbonyl (C=O) groups is 4. The quantitative estimate of drug-likeness (QED) is 0.407. The van der Waals surface area contributed by atoms with Crippen molar-refractivity contribution in [3.63, 3.8) is 0 Å². The van der Waals surface area contributed by atoms with Crippen molar-refractivity contribution in [3.8, 4) is 0 Å². The average molecular weight is 302 g/mol. The molecule has 0 aromatic rings. The van der Waals surface area contributed by atoms with E-state index in [1.807, 2.05) is 0 Å². The van der Waals surface area contributed by atoms with E-state index in [0.717, 1.165) is 0 Å². The number of ether oxygens (including phenoxy) is 2. The average Bonchev–Trinajstić information content (AvgIpc) is 2.43. The summed E-state index contributed by atoms with van der Waals surface area (Å²) in [6.45, 7) is 3.62. The molecule has 2 N–H and O–H groups in total. The standard InChI is InChI=1S/C9H8O8.C4H10/c10-6(11)1-3-8(14)16-5-17-9(15)4-2-7(12)13;1-3-4-2/h1-4H,5H2,(H,10,11)(H,12,13);3-4H2,1-2H3/b3-1-,4-2-;. The highest BCUT2D eigenvalue weighted by Crippen LogP contribution is 1.87. The maximum absolute atomic E-state index is 10.7. The fraction of sp³-hybridized carbons (Fsp3) is 0.385. The van der Waals surface area contributed by atoms with E-state index < -0.39 is 30.7 Å². The molecule has 118 valence electrons. The monoisotopic (exact) mass is 302 g/mol. The molecule has 0 radical (unpaired) electrons. The molecule has 0 unspecified atom stereocenters. The number of carboxylic acids is 2. The first-order valence-corrected chi connectivity index (χ1v) is 5.98. The smallest absolute Gasteiger partial charge is 0.333 e. The topological polar surface area (TPSA) is 127 Å². The molecule has 0 rings (SSSR count). The van der Waals surface area contributed by atoms with Crippen molar-refractivity contribution in [1.29, 1.82) is 0 Å².